The van der Waals surface area contributed by atoms with Crippen LogP contribution in [0.4, 0.5) is 4.39 Å². The van der Waals surface area contributed by atoms with Gasteiger partial charge in [-0.15, -0.1) is 12.4 Å². The largest absolute Gasteiger partial charge is 0.330 e. The second kappa shape index (κ2) is 6.00. The Morgan fingerprint density at radius 2 is 2.17 bits per heavy atom. The molecular weight excluding hydrogens is 251 g/mol. The third kappa shape index (κ3) is 3.44. The first-order valence-electron chi connectivity index (χ1n) is 6.20. The van der Waals surface area contributed by atoms with Crippen LogP contribution >= 0.6 is 12.4 Å². The Kier molecular flexibility index (Phi) is 5.14. The molecule has 102 valence electrons. The van der Waals surface area contributed by atoms with Crippen LogP contribution in [0, 0.1) is 18.2 Å². The molecule has 0 spiro atoms. The lowest BCUT2D eigenvalue weighted by molar-refractivity contribution is 0.274. The minimum absolute atomic E-state index is 0. The summed E-state index contributed by atoms with van der Waals surface area (Å²) in [5, 5.41) is 0. The number of hydrogen-bond acceptors (Lipinski definition) is 2. The van der Waals surface area contributed by atoms with Crippen molar-refractivity contribution in [3.8, 4) is 0 Å². The molecule has 0 aromatic heterocycles. The first kappa shape index (κ1) is 15.4. The summed E-state index contributed by atoms with van der Waals surface area (Å²) in [5.74, 6) is -0.108. The lowest BCUT2D eigenvalue weighted by Crippen LogP contribution is -2.31. The maximum absolute atomic E-state index is 13.4. The second-order valence-electron chi connectivity index (χ2n) is 5.56. The number of nitrogens with two attached hydrogens (primary N) is 1. The molecule has 1 aliphatic heterocycles. The summed E-state index contributed by atoms with van der Waals surface area (Å²) in [5.41, 5.74) is 7.78. The van der Waals surface area contributed by atoms with Crippen molar-refractivity contribution in [3.05, 3.63) is 35.1 Å². The lowest BCUT2D eigenvalue weighted by atomic mass is 9.90. The van der Waals surface area contributed by atoms with E-state index >= 15 is 0 Å². The summed E-state index contributed by atoms with van der Waals surface area (Å²) in [4.78, 5) is 2.36. The quantitative estimate of drug-likeness (QED) is 0.917. The molecule has 1 unspecified atom stereocenters. The van der Waals surface area contributed by atoms with E-state index in [2.05, 4.69) is 11.8 Å². The van der Waals surface area contributed by atoms with E-state index in [4.69, 9.17) is 5.73 Å². The van der Waals surface area contributed by atoms with Crippen LogP contribution in [-0.2, 0) is 6.54 Å². The predicted octanol–water partition coefficient (Wildman–Crippen LogP) is 2.73. The van der Waals surface area contributed by atoms with Crippen molar-refractivity contribution in [3.63, 3.8) is 0 Å². The van der Waals surface area contributed by atoms with Crippen molar-refractivity contribution in [2.24, 2.45) is 11.1 Å². The van der Waals surface area contributed by atoms with Crippen LogP contribution in [0.3, 0.4) is 0 Å². The van der Waals surface area contributed by atoms with Crippen molar-refractivity contribution in [1.29, 1.82) is 0 Å². The van der Waals surface area contributed by atoms with Crippen LogP contribution in [0.2, 0.25) is 0 Å². The summed E-state index contributed by atoms with van der Waals surface area (Å²) in [6, 6.07) is 5.51. The van der Waals surface area contributed by atoms with E-state index in [1.807, 2.05) is 12.1 Å². The highest BCUT2D eigenvalue weighted by atomic mass is 35.5. The van der Waals surface area contributed by atoms with E-state index in [1.165, 1.54) is 0 Å². The van der Waals surface area contributed by atoms with Gasteiger partial charge in [0.2, 0.25) is 0 Å². The molecular formula is C14H22ClFN2. The predicted molar refractivity (Wildman–Crippen MR) is 75.4 cm³/mol. The number of nitrogens with zero attached hydrogens (tertiary/aromatic N) is 1. The number of likely N-dealkylation sites (tertiary alicyclic amines) is 1. The summed E-state index contributed by atoms with van der Waals surface area (Å²) in [6.07, 6.45) is 1.14. The normalized spacial score (nSPS) is 24.0. The zero-order chi connectivity index (χ0) is 12.5. The Labute approximate surface area is 115 Å². The van der Waals surface area contributed by atoms with Gasteiger partial charge in [-0.2, -0.15) is 0 Å². The highest BCUT2D eigenvalue weighted by Gasteiger charge is 2.32. The van der Waals surface area contributed by atoms with E-state index in [9.17, 15) is 4.39 Å². The Morgan fingerprint density at radius 3 is 2.72 bits per heavy atom. The van der Waals surface area contributed by atoms with E-state index in [0.29, 0.717) is 5.56 Å². The topological polar surface area (TPSA) is 29.3 Å². The lowest BCUT2D eigenvalue weighted by Gasteiger charge is -2.22. The molecule has 2 N–H and O–H groups in total. The molecule has 4 heteroatoms. The van der Waals surface area contributed by atoms with Gasteiger partial charge in [0.05, 0.1) is 0 Å². The first-order valence-corrected chi connectivity index (χ1v) is 6.20. The molecule has 1 aromatic carbocycles. The number of rotatable bonds is 3. The van der Waals surface area contributed by atoms with Crippen LogP contribution in [0.1, 0.15) is 24.5 Å². The van der Waals surface area contributed by atoms with Crippen LogP contribution in [0.15, 0.2) is 18.2 Å². The highest BCUT2D eigenvalue weighted by Crippen LogP contribution is 2.29. The van der Waals surface area contributed by atoms with Crippen LogP contribution in [-0.4, -0.2) is 24.5 Å². The Morgan fingerprint density at radius 1 is 1.44 bits per heavy atom. The third-order valence-corrected chi connectivity index (χ3v) is 3.77. The fraction of sp³-hybridized carbons (Fsp3) is 0.571. The average Bonchev–Trinajstić information content (AvgIpc) is 2.67. The zero-order valence-electron chi connectivity index (χ0n) is 11.1. The molecule has 1 saturated heterocycles. The smallest absolute Gasteiger partial charge is 0.126 e. The van der Waals surface area contributed by atoms with Crippen molar-refractivity contribution >= 4 is 12.4 Å². The zero-order valence-corrected chi connectivity index (χ0v) is 11.9. The molecule has 0 saturated carbocycles. The number of aryl methyl sites for hydroxylation is 1. The van der Waals surface area contributed by atoms with Gasteiger partial charge in [0.25, 0.3) is 0 Å². The summed E-state index contributed by atoms with van der Waals surface area (Å²) >= 11 is 0. The molecule has 2 rings (SSSR count). The Balaban J connectivity index is 0.00000162. The van der Waals surface area contributed by atoms with Gasteiger partial charge in [-0.05, 0) is 49.0 Å². The summed E-state index contributed by atoms with van der Waals surface area (Å²) < 4.78 is 13.4. The third-order valence-electron chi connectivity index (χ3n) is 3.77. The fourth-order valence-corrected chi connectivity index (χ4v) is 2.42. The average molecular weight is 273 g/mol. The van der Waals surface area contributed by atoms with Gasteiger partial charge in [-0.3, -0.25) is 4.90 Å². The van der Waals surface area contributed by atoms with Gasteiger partial charge in [0.1, 0.15) is 5.82 Å². The Bertz CT molecular complexity index is 411. The van der Waals surface area contributed by atoms with E-state index in [1.54, 1.807) is 13.0 Å². The summed E-state index contributed by atoms with van der Waals surface area (Å²) in [6.45, 7) is 7.64. The van der Waals surface area contributed by atoms with E-state index < -0.39 is 0 Å². The second-order valence-corrected chi connectivity index (χ2v) is 5.56. The van der Waals surface area contributed by atoms with Crippen LogP contribution in [0.25, 0.3) is 0 Å². The van der Waals surface area contributed by atoms with Gasteiger partial charge < -0.3 is 5.73 Å². The van der Waals surface area contributed by atoms with Gasteiger partial charge >= 0.3 is 0 Å². The van der Waals surface area contributed by atoms with Crippen LogP contribution in [0.5, 0.6) is 0 Å². The molecule has 1 heterocycles. The number of halogens is 2. The SMILES string of the molecule is Cc1ccc(CN2CCC(C)(CN)C2)cc1F.Cl. The monoisotopic (exact) mass is 272 g/mol. The van der Waals surface area contributed by atoms with Gasteiger partial charge in [0, 0.05) is 13.1 Å². The van der Waals surface area contributed by atoms with E-state index in [0.717, 1.165) is 38.2 Å². The number of benzene rings is 1. The molecule has 0 amide bonds. The summed E-state index contributed by atoms with van der Waals surface area (Å²) in [7, 11) is 0. The first-order chi connectivity index (χ1) is 8.02. The highest BCUT2D eigenvalue weighted by molar-refractivity contribution is 5.85. The van der Waals surface area contributed by atoms with E-state index in [-0.39, 0.29) is 23.6 Å². The Hall–Kier alpha value is -0.640. The maximum atomic E-state index is 13.4. The maximum Gasteiger partial charge on any atom is 0.126 e. The van der Waals surface area contributed by atoms with Crippen molar-refractivity contribution in [2.45, 2.75) is 26.8 Å². The van der Waals surface area contributed by atoms with Gasteiger partial charge in [-0.25, -0.2) is 4.39 Å². The van der Waals surface area contributed by atoms with Crippen molar-refractivity contribution < 1.29 is 4.39 Å². The van der Waals surface area contributed by atoms with Gasteiger partial charge in [-0.1, -0.05) is 19.1 Å². The van der Waals surface area contributed by atoms with Crippen LogP contribution < -0.4 is 5.73 Å². The molecule has 2 nitrogen and oxygen atoms in total. The molecule has 1 atom stereocenters. The molecule has 18 heavy (non-hydrogen) atoms. The minimum atomic E-state index is -0.108. The molecule has 1 aromatic rings. The van der Waals surface area contributed by atoms with Crippen molar-refractivity contribution in [1.82, 2.24) is 4.90 Å². The molecule has 0 bridgehead atoms. The number of hydrogen-bond donors (Lipinski definition) is 1. The standard InChI is InChI=1S/C14H21FN2.ClH/c1-11-3-4-12(7-13(11)15)8-17-6-5-14(2,9-16)10-17;/h3-4,7H,5-6,8-10,16H2,1-2H3;1H. The fourth-order valence-electron chi connectivity index (χ4n) is 2.42. The molecule has 1 aliphatic rings. The van der Waals surface area contributed by atoms with Gasteiger partial charge in [0.15, 0.2) is 0 Å². The minimum Gasteiger partial charge on any atom is -0.330 e. The molecule has 0 radical (unpaired) electrons. The molecule has 1 fully saturated rings. The van der Waals surface area contributed by atoms with Crippen molar-refractivity contribution in [2.75, 3.05) is 19.6 Å². The molecule has 0 aliphatic carbocycles.